The smallest absolute Gasteiger partial charge is 0.235 e. The maximum Gasteiger partial charge on any atom is 0.235 e. The Kier molecular flexibility index (Phi) is 3.71. The second-order valence-electron chi connectivity index (χ2n) is 4.50. The van der Waals surface area contributed by atoms with E-state index < -0.39 is 5.41 Å². The minimum atomic E-state index is -0.494. The summed E-state index contributed by atoms with van der Waals surface area (Å²) in [4.78, 5) is 14.3. The molecule has 1 atom stereocenters. The monoisotopic (exact) mass is 228 g/mol. The highest BCUT2D eigenvalue weighted by atomic mass is 32.1. The molecule has 2 N–H and O–H groups in total. The summed E-state index contributed by atoms with van der Waals surface area (Å²) in [5.74, 6) is 0.107. The van der Waals surface area contributed by atoms with Crippen molar-refractivity contribution in [1.29, 1.82) is 0 Å². The number of carbonyl (C=O) groups excluding carboxylic acids is 1. The van der Waals surface area contributed by atoms with Crippen LogP contribution in [0.1, 0.15) is 39.5 Å². The van der Waals surface area contributed by atoms with Crippen molar-refractivity contribution in [1.82, 2.24) is 4.90 Å². The van der Waals surface area contributed by atoms with Gasteiger partial charge in [-0.3, -0.25) is 4.79 Å². The van der Waals surface area contributed by atoms with Crippen LogP contribution in [0.15, 0.2) is 0 Å². The SMILES string of the molecule is CCCC(C)N(C)C(=O)C1(C(N)=S)CC1. The van der Waals surface area contributed by atoms with Crippen LogP contribution in [0.2, 0.25) is 0 Å². The highest BCUT2D eigenvalue weighted by Gasteiger charge is 2.54. The first-order valence-electron chi connectivity index (χ1n) is 5.53. The summed E-state index contributed by atoms with van der Waals surface area (Å²) in [7, 11) is 1.85. The first kappa shape index (κ1) is 12.4. The molecule has 86 valence electrons. The summed E-state index contributed by atoms with van der Waals surface area (Å²) in [6.07, 6.45) is 3.75. The zero-order valence-electron chi connectivity index (χ0n) is 9.75. The molecule has 1 saturated carbocycles. The van der Waals surface area contributed by atoms with E-state index in [1.807, 2.05) is 7.05 Å². The Bertz CT molecular complexity index is 274. The van der Waals surface area contributed by atoms with Crippen molar-refractivity contribution in [3.8, 4) is 0 Å². The van der Waals surface area contributed by atoms with Gasteiger partial charge in [0.15, 0.2) is 0 Å². The number of thiocarbonyl (C=S) groups is 1. The molecule has 1 fully saturated rings. The first-order valence-corrected chi connectivity index (χ1v) is 5.93. The van der Waals surface area contributed by atoms with Crippen LogP contribution in [-0.2, 0) is 4.79 Å². The second-order valence-corrected chi connectivity index (χ2v) is 4.94. The molecule has 3 nitrogen and oxygen atoms in total. The van der Waals surface area contributed by atoms with E-state index in [1.54, 1.807) is 4.90 Å². The number of rotatable bonds is 5. The first-order chi connectivity index (χ1) is 6.95. The Balaban J connectivity index is 2.64. The molecule has 1 unspecified atom stereocenters. The molecule has 1 aliphatic rings. The van der Waals surface area contributed by atoms with E-state index >= 15 is 0 Å². The van der Waals surface area contributed by atoms with Crippen LogP contribution in [0.4, 0.5) is 0 Å². The van der Waals surface area contributed by atoms with E-state index in [9.17, 15) is 4.79 Å². The van der Waals surface area contributed by atoms with Crippen molar-refractivity contribution in [2.24, 2.45) is 11.1 Å². The van der Waals surface area contributed by atoms with Gasteiger partial charge in [0.1, 0.15) is 0 Å². The van der Waals surface area contributed by atoms with Crippen LogP contribution < -0.4 is 5.73 Å². The van der Waals surface area contributed by atoms with Crippen LogP contribution in [-0.4, -0.2) is 28.9 Å². The van der Waals surface area contributed by atoms with Gasteiger partial charge in [-0.1, -0.05) is 25.6 Å². The van der Waals surface area contributed by atoms with Gasteiger partial charge in [-0.15, -0.1) is 0 Å². The molecule has 0 aromatic carbocycles. The summed E-state index contributed by atoms with van der Waals surface area (Å²) >= 11 is 4.97. The zero-order valence-corrected chi connectivity index (χ0v) is 10.6. The van der Waals surface area contributed by atoms with Crippen molar-refractivity contribution < 1.29 is 4.79 Å². The fourth-order valence-electron chi connectivity index (χ4n) is 1.84. The third-order valence-electron chi connectivity index (χ3n) is 3.32. The number of nitrogens with zero attached hydrogens (tertiary/aromatic N) is 1. The lowest BCUT2D eigenvalue weighted by Gasteiger charge is -2.28. The fraction of sp³-hybridized carbons (Fsp3) is 0.818. The Morgan fingerprint density at radius 1 is 1.60 bits per heavy atom. The van der Waals surface area contributed by atoms with Gasteiger partial charge >= 0.3 is 0 Å². The molecule has 0 saturated heterocycles. The summed E-state index contributed by atoms with van der Waals surface area (Å²) in [6.45, 7) is 4.19. The van der Waals surface area contributed by atoms with Crippen LogP contribution in [0.25, 0.3) is 0 Å². The molecule has 0 aliphatic heterocycles. The molecule has 1 aliphatic carbocycles. The molecule has 0 aromatic heterocycles. The van der Waals surface area contributed by atoms with Crippen molar-refractivity contribution >= 4 is 23.1 Å². The fourth-order valence-corrected chi connectivity index (χ4v) is 2.13. The molecule has 0 bridgehead atoms. The molecule has 0 aromatic rings. The van der Waals surface area contributed by atoms with E-state index in [4.69, 9.17) is 18.0 Å². The molecule has 0 spiro atoms. The highest BCUT2D eigenvalue weighted by Crippen LogP contribution is 2.47. The third kappa shape index (κ3) is 2.30. The zero-order chi connectivity index (χ0) is 11.6. The molecule has 15 heavy (non-hydrogen) atoms. The van der Waals surface area contributed by atoms with E-state index in [1.165, 1.54) is 0 Å². The number of hydrogen-bond donors (Lipinski definition) is 1. The molecule has 1 rings (SSSR count). The minimum Gasteiger partial charge on any atom is -0.392 e. The molecule has 0 radical (unpaired) electrons. The second kappa shape index (κ2) is 4.47. The third-order valence-corrected chi connectivity index (χ3v) is 3.71. The average Bonchev–Trinajstić information content (AvgIpc) is 2.96. The van der Waals surface area contributed by atoms with Crippen LogP contribution >= 0.6 is 12.2 Å². The van der Waals surface area contributed by atoms with Gasteiger partial charge in [0, 0.05) is 13.1 Å². The van der Waals surface area contributed by atoms with Crippen molar-refractivity contribution in [2.45, 2.75) is 45.6 Å². The van der Waals surface area contributed by atoms with Gasteiger partial charge < -0.3 is 10.6 Å². The van der Waals surface area contributed by atoms with Crippen molar-refractivity contribution in [2.75, 3.05) is 7.05 Å². The topological polar surface area (TPSA) is 46.3 Å². The van der Waals surface area contributed by atoms with Gasteiger partial charge in [0.2, 0.25) is 5.91 Å². The molecular formula is C11H20N2OS. The predicted molar refractivity (Wildman–Crippen MR) is 65.6 cm³/mol. The maximum absolute atomic E-state index is 12.1. The molecule has 0 heterocycles. The number of nitrogens with two attached hydrogens (primary N) is 1. The lowest BCUT2D eigenvalue weighted by Crippen LogP contribution is -2.44. The normalized spacial score (nSPS) is 19.4. The molecule has 4 heteroatoms. The Morgan fingerprint density at radius 3 is 2.47 bits per heavy atom. The van der Waals surface area contributed by atoms with E-state index in [0.717, 1.165) is 25.7 Å². The van der Waals surface area contributed by atoms with Gasteiger partial charge in [0.05, 0.1) is 10.4 Å². The maximum atomic E-state index is 12.1. The summed E-state index contributed by atoms with van der Waals surface area (Å²) in [5.41, 5.74) is 5.14. The lowest BCUT2D eigenvalue weighted by molar-refractivity contribution is -0.135. The predicted octanol–water partition coefficient (Wildman–Crippen LogP) is 1.70. The lowest BCUT2D eigenvalue weighted by atomic mass is 10.0. The molecular weight excluding hydrogens is 208 g/mol. The van der Waals surface area contributed by atoms with E-state index in [0.29, 0.717) is 4.99 Å². The van der Waals surface area contributed by atoms with Crippen LogP contribution in [0.5, 0.6) is 0 Å². The number of carbonyl (C=O) groups is 1. The van der Waals surface area contributed by atoms with Gasteiger partial charge in [0.25, 0.3) is 0 Å². The average molecular weight is 228 g/mol. The summed E-state index contributed by atoms with van der Waals surface area (Å²) < 4.78 is 0. The minimum absolute atomic E-state index is 0.107. The largest absolute Gasteiger partial charge is 0.392 e. The Labute approximate surface area is 97.0 Å². The van der Waals surface area contributed by atoms with Gasteiger partial charge in [-0.2, -0.15) is 0 Å². The Hall–Kier alpha value is -0.640. The quantitative estimate of drug-likeness (QED) is 0.729. The van der Waals surface area contributed by atoms with Crippen LogP contribution in [0, 0.1) is 5.41 Å². The van der Waals surface area contributed by atoms with Gasteiger partial charge in [-0.25, -0.2) is 0 Å². The summed E-state index contributed by atoms with van der Waals surface area (Å²) in [6, 6.07) is 0.273. The summed E-state index contributed by atoms with van der Waals surface area (Å²) in [5, 5.41) is 0. The van der Waals surface area contributed by atoms with E-state index in [2.05, 4.69) is 13.8 Å². The van der Waals surface area contributed by atoms with Crippen molar-refractivity contribution in [3.05, 3.63) is 0 Å². The standard InChI is InChI=1S/C11H20N2OS/c1-4-5-8(2)13(3)10(14)11(6-7-11)9(12)15/h8H,4-7H2,1-3H3,(H2,12,15). The number of hydrogen-bond acceptors (Lipinski definition) is 2. The highest BCUT2D eigenvalue weighted by molar-refractivity contribution is 7.80. The van der Waals surface area contributed by atoms with E-state index in [-0.39, 0.29) is 11.9 Å². The van der Waals surface area contributed by atoms with Crippen molar-refractivity contribution in [3.63, 3.8) is 0 Å². The van der Waals surface area contributed by atoms with Gasteiger partial charge in [-0.05, 0) is 26.2 Å². The Morgan fingerprint density at radius 2 is 2.13 bits per heavy atom. The number of amides is 1. The van der Waals surface area contributed by atoms with Crippen LogP contribution in [0.3, 0.4) is 0 Å². The molecule has 1 amide bonds.